The lowest BCUT2D eigenvalue weighted by atomic mass is 10.0. The van der Waals surface area contributed by atoms with Crippen LogP contribution in [0, 0.1) is 0 Å². The van der Waals surface area contributed by atoms with Crippen molar-refractivity contribution >= 4 is 16.0 Å². The number of allylic oxidation sites excluding steroid dienone is 7. The van der Waals surface area contributed by atoms with E-state index in [1.54, 1.807) is 6.08 Å². The van der Waals surface area contributed by atoms with Crippen LogP contribution < -0.4 is 5.32 Å². The number of aliphatic hydroxyl groups is 1. The molecule has 0 aromatic rings. The molecule has 55 heavy (non-hydrogen) atoms. The van der Waals surface area contributed by atoms with Gasteiger partial charge in [0.15, 0.2) is 0 Å². The average molecular weight is 792 g/mol. The van der Waals surface area contributed by atoms with E-state index in [2.05, 4.69) is 55.6 Å². The Hall–Kier alpha value is -1.70. The largest absolute Gasteiger partial charge is 0.387 e. The van der Waals surface area contributed by atoms with E-state index in [1.807, 2.05) is 0 Å². The van der Waals surface area contributed by atoms with Crippen LogP contribution in [0.4, 0.5) is 0 Å². The topological polar surface area (TPSA) is 104 Å². The number of hydrogen-bond acceptors (Lipinski definition) is 4. The molecule has 0 fully saturated rings. The van der Waals surface area contributed by atoms with Gasteiger partial charge in [0.05, 0.1) is 17.9 Å². The minimum atomic E-state index is -4.36. The zero-order valence-electron chi connectivity index (χ0n) is 36.0. The highest BCUT2D eigenvalue weighted by Gasteiger charge is 2.24. The Morgan fingerprint density at radius 2 is 0.782 bits per heavy atom. The van der Waals surface area contributed by atoms with Crippen LogP contribution in [0.2, 0.25) is 0 Å². The van der Waals surface area contributed by atoms with E-state index >= 15 is 0 Å². The molecule has 0 bridgehead atoms. The van der Waals surface area contributed by atoms with E-state index < -0.39 is 28.0 Å². The monoisotopic (exact) mass is 792 g/mol. The fraction of sp³-hybridized carbons (Fsp3) is 0.812. The summed E-state index contributed by atoms with van der Waals surface area (Å²) in [6, 6.07) is -1.08. The summed E-state index contributed by atoms with van der Waals surface area (Å²) in [6.07, 6.45) is 56.8. The van der Waals surface area contributed by atoms with Gasteiger partial charge >= 0.3 is 0 Å². The molecule has 1 amide bonds. The van der Waals surface area contributed by atoms with Crippen molar-refractivity contribution in [2.24, 2.45) is 0 Å². The molecule has 0 aromatic heterocycles. The van der Waals surface area contributed by atoms with Crippen LogP contribution >= 0.6 is 0 Å². The summed E-state index contributed by atoms with van der Waals surface area (Å²) < 4.78 is 32.6. The molecule has 0 saturated carbocycles. The lowest BCUT2D eigenvalue weighted by Gasteiger charge is -2.21. The number of carbonyl (C=O) groups excluding carboxylic acids is 1. The van der Waals surface area contributed by atoms with Crippen molar-refractivity contribution in [2.45, 2.75) is 244 Å². The van der Waals surface area contributed by atoms with Gasteiger partial charge in [0.25, 0.3) is 10.1 Å². The molecule has 0 radical (unpaired) electrons. The number of carbonyl (C=O) groups is 1. The van der Waals surface area contributed by atoms with Gasteiger partial charge in [-0.15, -0.1) is 0 Å². The van der Waals surface area contributed by atoms with E-state index in [0.717, 1.165) is 38.5 Å². The van der Waals surface area contributed by atoms with Crippen molar-refractivity contribution in [1.82, 2.24) is 5.32 Å². The van der Waals surface area contributed by atoms with Gasteiger partial charge in [-0.3, -0.25) is 9.35 Å². The Kier molecular flexibility index (Phi) is 40.6. The van der Waals surface area contributed by atoms with Gasteiger partial charge in [-0.1, -0.05) is 204 Å². The molecule has 322 valence electrons. The smallest absolute Gasteiger partial charge is 0.267 e. The summed E-state index contributed by atoms with van der Waals surface area (Å²) in [4.78, 5) is 12.6. The minimum Gasteiger partial charge on any atom is -0.387 e. The van der Waals surface area contributed by atoms with Gasteiger partial charge in [0.2, 0.25) is 5.91 Å². The second-order valence-electron chi connectivity index (χ2n) is 16.0. The first-order valence-electron chi connectivity index (χ1n) is 23.3. The first-order valence-corrected chi connectivity index (χ1v) is 24.9. The normalized spacial score (nSPS) is 13.6. The van der Waals surface area contributed by atoms with Crippen molar-refractivity contribution in [3.63, 3.8) is 0 Å². The van der Waals surface area contributed by atoms with Gasteiger partial charge in [-0.25, -0.2) is 0 Å². The third-order valence-corrected chi connectivity index (χ3v) is 11.2. The van der Waals surface area contributed by atoms with Crippen molar-refractivity contribution in [1.29, 1.82) is 0 Å². The summed E-state index contributed by atoms with van der Waals surface area (Å²) in [5.74, 6) is -1.01. The fourth-order valence-electron chi connectivity index (χ4n) is 6.95. The SMILES string of the molecule is CCCCCCCCCC/C=C\CCCCCCCCCCCC(=O)NC(CS(=O)(=O)O)C(O)/C=C/CC/C=C/CC/C=C/CCCCCCCCCCC. The molecule has 6 nitrogen and oxygen atoms in total. The second-order valence-corrected chi connectivity index (χ2v) is 17.5. The number of nitrogens with one attached hydrogen (secondary N) is 1. The fourth-order valence-corrected chi connectivity index (χ4v) is 7.68. The molecule has 0 aliphatic heterocycles. The predicted molar refractivity (Wildman–Crippen MR) is 239 cm³/mol. The van der Waals surface area contributed by atoms with Crippen LogP contribution in [0.15, 0.2) is 48.6 Å². The van der Waals surface area contributed by atoms with E-state index in [9.17, 15) is 22.9 Å². The van der Waals surface area contributed by atoms with Crippen LogP contribution in [-0.4, -0.2) is 41.9 Å². The molecular formula is C48H89NO5S. The summed E-state index contributed by atoms with van der Waals surface area (Å²) >= 11 is 0. The maximum atomic E-state index is 12.6. The third-order valence-electron chi connectivity index (χ3n) is 10.5. The van der Waals surface area contributed by atoms with Crippen molar-refractivity contribution in [2.75, 3.05) is 5.75 Å². The zero-order chi connectivity index (χ0) is 40.3. The molecule has 0 aliphatic carbocycles. The molecule has 3 N–H and O–H groups in total. The van der Waals surface area contributed by atoms with Crippen molar-refractivity contribution in [3.8, 4) is 0 Å². The predicted octanol–water partition coefficient (Wildman–Crippen LogP) is 14.2. The van der Waals surface area contributed by atoms with Crippen molar-refractivity contribution in [3.05, 3.63) is 48.6 Å². The third kappa shape index (κ3) is 43.3. The van der Waals surface area contributed by atoms with Gasteiger partial charge in [0, 0.05) is 6.42 Å². The zero-order valence-corrected chi connectivity index (χ0v) is 36.9. The van der Waals surface area contributed by atoms with E-state index in [0.29, 0.717) is 6.42 Å². The minimum absolute atomic E-state index is 0.282. The van der Waals surface area contributed by atoms with E-state index in [-0.39, 0.29) is 12.3 Å². The summed E-state index contributed by atoms with van der Waals surface area (Å²) in [5.41, 5.74) is 0. The second kappa shape index (κ2) is 41.9. The Morgan fingerprint density at radius 1 is 0.473 bits per heavy atom. The number of hydrogen-bond donors (Lipinski definition) is 3. The van der Waals surface area contributed by atoms with E-state index in [1.165, 1.54) is 173 Å². The average Bonchev–Trinajstić information content (AvgIpc) is 3.15. The van der Waals surface area contributed by atoms with Crippen molar-refractivity contribution < 1.29 is 22.9 Å². The molecule has 2 atom stereocenters. The van der Waals surface area contributed by atoms with Crippen LogP contribution in [0.5, 0.6) is 0 Å². The van der Waals surface area contributed by atoms with Crippen LogP contribution in [0.1, 0.15) is 232 Å². The van der Waals surface area contributed by atoms with Crippen LogP contribution in [-0.2, 0) is 14.9 Å². The molecular weight excluding hydrogens is 703 g/mol. The quantitative estimate of drug-likeness (QED) is 0.0324. The Labute approximate surface area is 341 Å². The Morgan fingerprint density at radius 3 is 1.15 bits per heavy atom. The maximum Gasteiger partial charge on any atom is 0.267 e. The van der Waals surface area contributed by atoms with Gasteiger partial charge in [-0.2, -0.15) is 8.42 Å². The Balaban J connectivity index is 3.92. The summed E-state index contributed by atoms with van der Waals surface area (Å²) in [7, 11) is -4.36. The summed E-state index contributed by atoms with van der Waals surface area (Å²) in [6.45, 7) is 4.54. The Bertz CT molecular complexity index is 1050. The van der Waals surface area contributed by atoms with Gasteiger partial charge in [-0.05, 0) is 70.6 Å². The van der Waals surface area contributed by atoms with Gasteiger partial charge < -0.3 is 10.4 Å². The molecule has 0 rings (SSSR count). The maximum absolute atomic E-state index is 12.6. The van der Waals surface area contributed by atoms with Crippen LogP contribution in [0.3, 0.4) is 0 Å². The molecule has 7 heteroatoms. The lowest BCUT2D eigenvalue weighted by Crippen LogP contribution is -2.46. The standard InChI is InChI=1S/C48H89NO5S/c1-3-5-7-9-11-13-15-17-19-21-23-24-26-28-30-32-34-36-38-40-42-44-48(51)49-46(45-55(52,53)54)47(50)43-41-39-37-35-33-31-29-27-25-22-20-18-16-14-12-10-8-6-4-2/h21,23,25,27,33,35,41,43,46-47,50H,3-20,22,24,26,28-32,34,36-40,42,44-45H2,1-2H3,(H,49,51)(H,52,53,54)/b23-21-,27-25+,35-33+,43-41+. The first kappa shape index (κ1) is 53.3. The lowest BCUT2D eigenvalue weighted by molar-refractivity contribution is -0.122. The molecule has 0 saturated heterocycles. The molecule has 0 aliphatic rings. The number of rotatable bonds is 42. The molecule has 0 aromatic carbocycles. The number of unbranched alkanes of at least 4 members (excludes halogenated alkanes) is 28. The molecule has 2 unspecified atom stereocenters. The first-order chi connectivity index (χ1) is 26.8. The number of amides is 1. The van der Waals surface area contributed by atoms with Crippen LogP contribution in [0.25, 0.3) is 0 Å². The molecule has 0 spiro atoms. The number of aliphatic hydroxyl groups excluding tert-OH is 1. The van der Waals surface area contributed by atoms with Gasteiger partial charge in [0.1, 0.15) is 0 Å². The highest BCUT2D eigenvalue weighted by Crippen LogP contribution is 2.14. The highest BCUT2D eigenvalue weighted by molar-refractivity contribution is 7.85. The summed E-state index contributed by atoms with van der Waals surface area (Å²) in [5, 5.41) is 13.2. The highest BCUT2D eigenvalue weighted by atomic mass is 32.2. The van der Waals surface area contributed by atoms with E-state index in [4.69, 9.17) is 0 Å². The molecule has 0 heterocycles.